The molecule has 2 aromatic carbocycles. The third-order valence-corrected chi connectivity index (χ3v) is 16.8. The van der Waals surface area contributed by atoms with Gasteiger partial charge in [-0.1, -0.05) is 44.8 Å². The highest BCUT2D eigenvalue weighted by atomic mass is 19.4. The van der Waals surface area contributed by atoms with Gasteiger partial charge < -0.3 is 34.1 Å². The lowest BCUT2D eigenvalue weighted by molar-refractivity contribution is -0.170. The van der Waals surface area contributed by atoms with Gasteiger partial charge in [-0.15, -0.1) is 0 Å². The molecule has 18 heteroatoms. The number of nitrogens with one attached hydrogen (secondary N) is 1. The molecule has 80 heavy (non-hydrogen) atoms. The van der Waals surface area contributed by atoms with Crippen molar-refractivity contribution in [3.05, 3.63) is 134 Å². The molecule has 0 spiro atoms. The summed E-state index contributed by atoms with van der Waals surface area (Å²) in [6.07, 6.45) is 12.6. The van der Waals surface area contributed by atoms with Gasteiger partial charge >= 0.3 is 12.1 Å². The second-order valence-corrected chi connectivity index (χ2v) is 22.7. The first kappa shape index (κ1) is 54.8. The molecule has 0 unspecified atom stereocenters. The van der Waals surface area contributed by atoms with E-state index in [1.807, 2.05) is 48.9 Å². The maximum Gasteiger partial charge on any atom is 0.471 e. The predicted octanol–water partition coefficient (Wildman–Crippen LogP) is 11.6. The van der Waals surface area contributed by atoms with Crippen LogP contribution in [0.1, 0.15) is 107 Å². The Morgan fingerprint density at radius 3 is 1.88 bits per heavy atom. The van der Waals surface area contributed by atoms with Gasteiger partial charge in [0.1, 0.15) is 47.8 Å². The fourth-order valence-corrected chi connectivity index (χ4v) is 12.3. The number of alkyl halides is 3. The Balaban J connectivity index is 0.000000167. The first-order valence-corrected chi connectivity index (χ1v) is 27.6. The van der Waals surface area contributed by atoms with Crippen molar-refractivity contribution in [3.63, 3.8) is 0 Å². The molecule has 8 atom stereocenters. The van der Waals surface area contributed by atoms with Crippen molar-refractivity contribution in [2.75, 3.05) is 23.3 Å². The van der Waals surface area contributed by atoms with Gasteiger partial charge in [0.2, 0.25) is 0 Å². The van der Waals surface area contributed by atoms with Gasteiger partial charge in [-0.05, 0) is 174 Å². The summed E-state index contributed by atoms with van der Waals surface area (Å²) in [6.45, 7) is 12.8. The summed E-state index contributed by atoms with van der Waals surface area (Å²) in [5.74, 6) is -0.436. The minimum Gasteiger partial charge on any atom is -0.390 e. The van der Waals surface area contributed by atoms with Crippen LogP contribution in [0.2, 0.25) is 0 Å². The number of benzene rings is 2. The average Bonchev–Trinajstić information content (AvgIpc) is 4.30. The highest BCUT2D eigenvalue weighted by Crippen LogP contribution is 2.49. The molecule has 3 N–H and O–H groups in total. The Labute approximate surface area is 463 Å². The molecule has 1 saturated heterocycles. The standard InChI is InChI=1S/C31H35N5O2.C30H30F3N5O3.CH4/c1-4-24-23-13-14-36(30(23)34-18-33-24)26-16-22(28-29(26)38-31(2,3)37-28)10-8-19-7-9-21-11-12-27(35-25(21)15-19)32-17-20-5-6-20;1-2-22-21-11-12-37(28(21)35-16-34-22)24-14-20(26(39)27(24)40)8-6-17-5-7-19-9-10-25(36-23(19)13-17)38(15-18-3-4-18)29(41)30(31,32)33;/h4,7,9,11-15,18,20,22,26,28-29H,1,5-6,8,10,16-17H2,2-3H3,(H,32,35);2,5,7,9-13,16,18,20,24,26-27,39-40H,1,3-4,6,8,14-15H2;1H4/t22-,26+,28+,29-;20-,24+,26+,27-;/m00./s1. The number of carbonyl (C=O) groups excluding carboxylic acids is 1. The molecule has 0 radical (unpaired) electrons. The van der Waals surface area contributed by atoms with Crippen LogP contribution in [-0.4, -0.2) is 105 Å². The van der Waals surface area contributed by atoms with Crippen molar-refractivity contribution in [2.24, 2.45) is 23.7 Å². The molecule has 0 bridgehead atoms. The summed E-state index contributed by atoms with van der Waals surface area (Å²) in [4.78, 5) is 39.8. The molecular weight excluding hydrogens is 1020 g/mol. The number of fused-ring (bicyclic) bond motifs is 5. The molecule has 4 saturated carbocycles. The van der Waals surface area contributed by atoms with Gasteiger partial charge in [0.15, 0.2) is 5.79 Å². The third-order valence-electron chi connectivity index (χ3n) is 16.8. The number of aliphatic hydroxyl groups excluding tert-OH is 2. The molecule has 13 rings (SSSR count). The highest BCUT2D eigenvalue weighted by Gasteiger charge is 2.54. The number of pyridine rings is 2. The van der Waals surface area contributed by atoms with E-state index in [9.17, 15) is 28.2 Å². The van der Waals surface area contributed by atoms with E-state index in [1.165, 1.54) is 36.2 Å². The van der Waals surface area contributed by atoms with Crippen LogP contribution in [0.15, 0.2) is 111 Å². The van der Waals surface area contributed by atoms with Crippen molar-refractivity contribution in [3.8, 4) is 0 Å². The summed E-state index contributed by atoms with van der Waals surface area (Å²) in [5, 5.41) is 29.1. The Morgan fingerprint density at radius 2 is 1.27 bits per heavy atom. The summed E-state index contributed by atoms with van der Waals surface area (Å²) in [5.41, 5.74) is 6.93. The Morgan fingerprint density at radius 1 is 0.725 bits per heavy atom. The number of anilines is 2. The number of halogens is 3. The summed E-state index contributed by atoms with van der Waals surface area (Å²) >= 11 is 0. The fourth-order valence-electron chi connectivity index (χ4n) is 12.3. The third kappa shape index (κ3) is 11.2. The number of carbonyl (C=O) groups is 1. The number of nitrogens with zero attached hydrogens (tertiary/aromatic N) is 9. The number of amides is 1. The first-order valence-electron chi connectivity index (χ1n) is 27.6. The second-order valence-electron chi connectivity index (χ2n) is 22.7. The molecule has 1 aliphatic heterocycles. The Kier molecular flexibility index (Phi) is 15.1. The van der Waals surface area contributed by atoms with E-state index >= 15 is 0 Å². The lowest BCUT2D eigenvalue weighted by atomic mass is 9.95. The SMILES string of the molecule is C.C=Cc1ncnc2c1ccn2[C@@H]1C[C@H](CCc2ccc3ccc(N(CC4CC4)C(=O)C(F)(F)F)nc3c2)[C@@H](O)[C@H]1O.C=Cc1ncnc2c1ccn2[C@@H]1C[C@H](CCc2ccc3ccc(NCC4CC4)nc3c2)[C@H]2OC(C)(C)O[C@H]21. The van der Waals surface area contributed by atoms with Crippen molar-refractivity contribution < 1.29 is 37.7 Å². The van der Waals surface area contributed by atoms with Crippen LogP contribution in [0, 0.1) is 23.7 Å². The zero-order valence-corrected chi connectivity index (χ0v) is 44.3. The molecule has 4 aliphatic carbocycles. The van der Waals surface area contributed by atoms with Crippen molar-refractivity contribution in [2.45, 2.75) is 134 Å². The quantitative estimate of drug-likeness (QED) is 0.0835. The Hall–Kier alpha value is -7.12. The maximum atomic E-state index is 13.3. The average molecular weight is 1090 g/mol. The second kappa shape index (κ2) is 22.1. The molecule has 7 heterocycles. The number of hydrogen-bond acceptors (Lipinski definition) is 12. The summed E-state index contributed by atoms with van der Waals surface area (Å²) in [6, 6.07) is 23.5. The minimum absolute atomic E-state index is 0. The topological polar surface area (TPSA) is 178 Å². The van der Waals surface area contributed by atoms with E-state index in [1.54, 1.807) is 24.5 Å². The van der Waals surface area contributed by atoms with Crippen molar-refractivity contribution in [1.29, 1.82) is 0 Å². The fraction of sp³-hybridized carbons (Fsp3) is 0.435. The van der Waals surface area contributed by atoms with E-state index in [-0.39, 0.29) is 55.9 Å². The van der Waals surface area contributed by atoms with E-state index in [0.717, 1.165) is 93.9 Å². The normalized spacial score (nSPS) is 24.1. The molecule has 6 aromatic heterocycles. The van der Waals surface area contributed by atoms with Gasteiger partial charge in [-0.2, -0.15) is 13.2 Å². The zero-order chi connectivity index (χ0) is 54.7. The predicted molar refractivity (Wildman–Crippen MR) is 305 cm³/mol. The minimum atomic E-state index is -4.98. The largest absolute Gasteiger partial charge is 0.471 e. The molecule has 15 nitrogen and oxygen atoms in total. The van der Waals surface area contributed by atoms with E-state index in [2.05, 4.69) is 90.6 Å². The Bertz CT molecular complexity index is 3590. The van der Waals surface area contributed by atoms with Gasteiger partial charge in [0.25, 0.3) is 0 Å². The lowest BCUT2D eigenvalue weighted by Crippen LogP contribution is -2.42. The van der Waals surface area contributed by atoms with Crippen molar-refractivity contribution in [1.82, 2.24) is 39.0 Å². The number of aromatic nitrogens is 8. The van der Waals surface area contributed by atoms with Gasteiger partial charge in [-0.3, -0.25) is 9.69 Å². The van der Waals surface area contributed by atoms with Gasteiger partial charge in [0.05, 0.1) is 46.7 Å². The van der Waals surface area contributed by atoms with E-state index in [4.69, 9.17) is 14.5 Å². The maximum absolute atomic E-state index is 13.3. The molecule has 1 amide bonds. The van der Waals surface area contributed by atoms with Crippen molar-refractivity contribution >= 4 is 73.6 Å². The van der Waals surface area contributed by atoms with Crippen LogP contribution in [0.4, 0.5) is 24.8 Å². The molecular formula is C62H69F3N10O5. The van der Waals surface area contributed by atoms with Crippen LogP contribution < -0.4 is 10.2 Å². The molecule has 8 aromatic rings. The summed E-state index contributed by atoms with van der Waals surface area (Å²) in [7, 11) is 0. The number of ether oxygens (including phenoxy) is 2. The zero-order valence-electron chi connectivity index (χ0n) is 44.3. The first-order chi connectivity index (χ1) is 38.1. The number of rotatable bonds is 16. The van der Waals surface area contributed by atoms with Crippen LogP contribution in [0.5, 0.6) is 0 Å². The molecule has 5 aliphatic rings. The van der Waals surface area contributed by atoms with E-state index in [0.29, 0.717) is 42.0 Å². The smallest absolute Gasteiger partial charge is 0.390 e. The van der Waals surface area contributed by atoms with Crippen LogP contribution in [0.25, 0.3) is 56.0 Å². The van der Waals surface area contributed by atoms with E-state index < -0.39 is 30.1 Å². The number of aryl methyl sites for hydroxylation is 2. The number of aliphatic hydroxyl groups is 2. The lowest BCUT2D eigenvalue weighted by Gasteiger charge is -2.24. The van der Waals surface area contributed by atoms with Crippen LogP contribution in [-0.2, 0) is 27.1 Å². The van der Waals surface area contributed by atoms with Crippen LogP contribution >= 0.6 is 0 Å². The molecule has 5 fully saturated rings. The van der Waals surface area contributed by atoms with Gasteiger partial charge in [0, 0.05) is 47.0 Å². The summed E-state index contributed by atoms with van der Waals surface area (Å²) < 4.78 is 57.0. The number of hydrogen-bond donors (Lipinski definition) is 3. The van der Waals surface area contributed by atoms with Crippen LogP contribution in [0.3, 0.4) is 0 Å². The van der Waals surface area contributed by atoms with Gasteiger partial charge in [-0.25, -0.2) is 29.9 Å². The highest BCUT2D eigenvalue weighted by molar-refractivity contribution is 5.97. The molecule has 418 valence electrons. The monoisotopic (exact) mass is 1090 g/mol.